The molecule has 0 aromatic heterocycles. The summed E-state index contributed by atoms with van der Waals surface area (Å²) in [6.07, 6.45) is 2.98. The summed E-state index contributed by atoms with van der Waals surface area (Å²) in [4.78, 5) is 18.8. The molecule has 0 amide bonds. The van der Waals surface area contributed by atoms with E-state index in [0.29, 0.717) is 18.1 Å². The first-order chi connectivity index (χ1) is 12.8. The van der Waals surface area contributed by atoms with Gasteiger partial charge in [0.05, 0.1) is 17.9 Å². The van der Waals surface area contributed by atoms with Gasteiger partial charge in [-0.25, -0.2) is 4.79 Å². The van der Waals surface area contributed by atoms with Crippen molar-refractivity contribution in [1.29, 1.82) is 0 Å². The van der Waals surface area contributed by atoms with Gasteiger partial charge in [-0.2, -0.15) is 0 Å². The Kier molecular flexibility index (Phi) is 5.36. The predicted octanol–water partition coefficient (Wildman–Crippen LogP) is 5.34. The van der Waals surface area contributed by atoms with E-state index >= 15 is 0 Å². The first kappa shape index (κ1) is 19.2. The van der Waals surface area contributed by atoms with Gasteiger partial charge in [-0.15, -0.1) is 0 Å². The maximum atomic E-state index is 11.9. The van der Waals surface area contributed by atoms with Gasteiger partial charge in [-0.3, -0.25) is 4.99 Å². The van der Waals surface area contributed by atoms with Crippen molar-refractivity contribution in [3.05, 3.63) is 59.2 Å². The van der Waals surface area contributed by atoms with E-state index in [9.17, 15) is 4.79 Å². The van der Waals surface area contributed by atoms with Crippen LogP contribution in [0.25, 0.3) is 0 Å². The first-order valence-corrected chi connectivity index (χ1v) is 9.51. The molecule has 27 heavy (non-hydrogen) atoms. The second-order valence-corrected chi connectivity index (χ2v) is 7.82. The summed E-state index contributed by atoms with van der Waals surface area (Å²) in [6, 6.07) is 13.7. The normalized spacial score (nSPS) is 18.4. The Morgan fingerprint density at radius 1 is 1.30 bits per heavy atom. The highest BCUT2D eigenvalue weighted by atomic mass is 16.5. The molecule has 142 valence electrons. The number of carbonyl (C=O) groups excluding carboxylic acids is 1. The molecular formula is C23H28N2O2. The van der Waals surface area contributed by atoms with Crippen molar-refractivity contribution >= 4 is 23.6 Å². The van der Waals surface area contributed by atoms with Crippen molar-refractivity contribution in [2.45, 2.75) is 45.6 Å². The van der Waals surface area contributed by atoms with E-state index in [1.165, 1.54) is 11.3 Å². The maximum Gasteiger partial charge on any atom is 0.338 e. The molecule has 0 radical (unpaired) electrons. The Bertz CT molecular complexity index is 870. The lowest BCUT2D eigenvalue weighted by atomic mass is 9.80. The van der Waals surface area contributed by atoms with Crippen LogP contribution in [-0.4, -0.2) is 31.4 Å². The minimum absolute atomic E-state index is 0.162. The molecule has 2 aromatic carbocycles. The SMILES string of the molecule is CCOC(=O)c1cccc(N=Cc2ccc3c(c2)C(C)CC(C)(C)N3C)c1. The van der Waals surface area contributed by atoms with Crippen molar-refractivity contribution in [2.75, 3.05) is 18.6 Å². The van der Waals surface area contributed by atoms with Gasteiger partial charge < -0.3 is 9.64 Å². The van der Waals surface area contributed by atoms with Crippen molar-refractivity contribution in [3.63, 3.8) is 0 Å². The fourth-order valence-corrected chi connectivity index (χ4v) is 3.75. The number of anilines is 1. The third-order valence-corrected chi connectivity index (χ3v) is 5.38. The number of hydrogen-bond donors (Lipinski definition) is 0. The number of benzene rings is 2. The third-order valence-electron chi connectivity index (χ3n) is 5.38. The lowest BCUT2D eigenvalue weighted by Gasteiger charge is -2.45. The lowest BCUT2D eigenvalue weighted by Crippen LogP contribution is -2.45. The molecule has 1 unspecified atom stereocenters. The van der Waals surface area contributed by atoms with E-state index in [1.54, 1.807) is 19.1 Å². The first-order valence-electron chi connectivity index (χ1n) is 9.51. The number of aliphatic imine (C=N–C) groups is 1. The third kappa shape index (κ3) is 4.05. The molecule has 4 heteroatoms. The van der Waals surface area contributed by atoms with Crippen molar-refractivity contribution < 1.29 is 9.53 Å². The molecule has 0 N–H and O–H groups in total. The fraction of sp³-hybridized carbons (Fsp3) is 0.391. The molecule has 2 aromatic rings. The van der Waals surface area contributed by atoms with Crippen LogP contribution in [0.15, 0.2) is 47.5 Å². The molecule has 3 rings (SSSR count). The molecule has 1 atom stereocenters. The molecule has 1 aliphatic rings. The van der Waals surface area contributed by atoms with E-state index in [4.69, 9.17) is 4.74 Å². The van der Waals surface area contributed by atoms with Gasteiger partial charge in [-0.1, -0.05) is 19.1 Å². The molecule has 4 nitrogen and oxygen atoms in total. The summed E-state index contributed by atoms with van der Waals surface area (Å²) in [5, 5.41) is 0. The summed E-state index contributed by atoms with van der Waals surface area (Å²) in [5.74, 6) is 0.189. The maximum absolute atomic E-state index is 11.9. The Balaban J connectivity index is 1.84. The van der Waals surface area contributed by atoms with Crippen molar-refractivity contribution in [2.24, 2.45) is 4.99 Å². The highest BCUT2D eigenvalue weighted by Crippen LogP contribution is 2.42. The number of esters is 1. The molecule has 0 saturated heterocycles. The zero-order chi connectivity index (χ0) is 19.6. The smallest absolute Gasteiger partial charge is 0.338 e. The Morgan fingerprint density at radius 3 is 2.81 bits per heavy atom. The highest BCUT2D eigenvalue weighted by molar-refractivity contribution is 5.91. The fourth-order valence-electron chi connectivity index (χ4n) is 3.75. The van der Waals surface area contributed by atoms with Crippen LogP contribution in [0.1, 0.15) is 61.5 Å². The van der Waals surface area contributed by atoms with Gasteiger partial charge in [-0.05, 0) is 74.6 Å². The number of carbonyl (C=O) groups is 1. The molecule has 0 spiro atoms. The van der Waals surface area contributed by atoms with Gasteiger partial charge in [0, 0.05) is 24.5 Å². The summed E-state index contributed by atoms with van der Waals surface area (Å²) in [6.45, 7) is 9.04. The number of hydrogen-bond acceptors (Lipinski definition) is 4. The molecule has 1 heterocycles. The number of fused-ring (bicyclic) bond motifs is 1. The number of nitrogens with zero attached hydrogens (tertiary/aromatic N) is 2. The standard InChI is InChI=1S/C23H28N2O2/c1-6-27-22(26)18-8-7-9-19(13-18)24-15-17-10-11-21-20(12-17)16(2)14-23(3,4)25(21)5/h7-13,15-16H,6,14H2,1-5H3. The largest absolute Gasteiger partial charge is 0.462 e. The zero-order valence-corrected chi connectivity index (χ0v) is 16.8. The lowest BCUT2D eigenvalue weighted by molar-refractivity contribution is 0.0526. The van der Waals surface area contributed by atoms with Crippen LogP contribution in [0, 0.1) is 0 Å². The van der Waals surface area contributed by atoms with E-state index in [0.717, 1.165) is 17.7 Å². The molecule has 1 aliphatic heterocycles. The van der Waals surface area contributed by atoms with Crippen molar-refractivity contribution in [3.8, 4) is 0 Å². The van der Waals surface area contributed by atoms with Crippen LogP contribution in [0.4, 0.5) is 11.4 Å². The minimum atomic E-state index is -0.317. The predicted molar refractivity (Wildman–Crippen MR) is 112 cm³/mol. The Labute approximate surface area is 161 Å². The Morgan fingerprint density at radius 2 is 2.07 bits per heavy atom. The molecule has 0 fully saturated rings. The quantitative estimate of drug-likeness (QED) is 0.543. The topological polar surface area (TPSA) is 41.9 Å². The molecule has 0 saturated carbocycles. The average Bonchev–Trinajstić information content (AvgIpc) is 2.64. The molecular weight excluding hydrogens is 336 g/mol. The van der Waals surface area contributed by atoms with E-state index in [1.807, 2.05) is 18.3 Å². The summed E-state index contributed by atoms with van der Waals surface area (Å²) in [5.41, 5.74) is 5.14. The second kappa shape index (κ2) is 7.55. The summed E-state index contributed by atoms with van der Waals surface area (Å²) >= 11 is 0. The van der Waals surface area contributed by atoms with Gasteiger partial charge in [0.25, 0.3) is 0 Å². The van der Waals surface area contributed by atoms with E-state index in [-0.39, 0.29) is 11.5 Å². The van der Waals surface area contributed by atoms with Gasteiger partial charge in [0.15, 0.2) is 0 Å². The van der Waals surface area contributed by atoms with Crippen LogP contribution in [-0.2, 0) is 4.74 Å². The number of rotatable bonds is 4. The van der Waals surface area contributed by atoms with Gasteiger partial charge >= 0.3 is 5.97 Å². The van der Waals surface area contributed by atoms with Crippen molar-refractivity contribution in [1.82, 2.24) is 0 Å². The second-order valence-electron chi connectivity index (χ2n) is 7.82. The minimum Gasteiger partial charge on any atom is -0.462 e. The average molecular weight is 364 g/mol. The zero-order valence-electron chi connectivity index (χ0n) is 16.8. The molecule has 0 bridgehead atoms. The van der Waals surface area contributed by atoms with Crippen LogP contribution in [0.5, 0.6) is 0 Å². The highest BCUT2D eigenvalue weighted by Gasteiger charge is 2.33. The van der Waals surface area contributed by atoms with E-state index in [2.05, 4.69) is 55.9 Å². The summed E-state index contributed by atoms with van der Waals surface area (Å²) in [7, 11) is 2.17. The summed E-state index contributed by atoms with van der Waals surface area (Å²) < 4.78 is 5.05. The number of ether oxygens (including phenoxy) is 1. The monoisotopic (exact) mass is 364 g/mol. The Hall–Kier alpha value is -2.62. The van der Waals surface area contributed by atoms with Crippen LogP contribution >= 0.6 is 0 Å². The van der Waals surface area contributed by atoms with Crippen LogP contribution < -0.4 is 4.90 Å². The van der Waals surface area contributed by atoms with Gasteiger partial charge in [0.1, 0.15) is 0 Å². The van der Waals surface area contributed by atoms with Gasteiger partial charge in [0.2, 0.25) is 0 Å². The van der Waals surface area contributed by atoms with Crippen LogP contribution in [0.2, 0.25) is 0 Å². The molecule has 0 aliphatic carbocycles. The van der Waals surface area contributed by atoms with Crippen LogP contribution in [0.3, 0.4) is 0 Å². The van der Waals surface area contributed by atoms with E-state index < -0.39 is 0 Å².